The van der Waals surface area contributed by atoms with Crippen LogP contribution in [-0.2, 0) is 7.05 Å². The highest BCUT2D eigenvalue weighted by Gasteiger charge is 2.17. The lowest BCUT2D eigenvalue weighted by Gasteiger charge is -2.11. The number of pyridine rings is 1. The average Bonchev–Trinajstić information content (AvgIpc) is 2.64. The Balaban J connectivity index is 2.41. The van der Waals surface area contributed by atoms with E-state index in [2.05, 4.69) is 10.1 Å². The molecule has 0 bridgehead atoms. The molecule has 2 heterocycles. The van der Waals surface area contributed by atoms with Crippen LogP contribution in [0, 0.1) is 5.82 Å². The van der Waals surface area contributed by atoms with Gasteiger partial charge in [0.25, 0.3) is 0 Å². The zero-order valence-corrected chi connectivity index (χ0v) is 8.13. The molecule has 0 amide bonds. The van der Waals surface area contributed by atoms with Crippen LogP contribution in [0.3, 0.4) is 0 Å². The van der Waals surface area contributed by atoms with Crippen molar-refractivity contribution in [3.05, 3.63) is 47.8 Å². The summed E-state index contributed by atoms with van der Waals surface area (Å²) in [6, 6.07) is 3.09. The van der Waals surface area contributed by atoms with Crippen LogP contribution in [0.1, 0.15) is 17.4 Å². The Morgan fingerprint density at radius 2 is 2.20 bits per heavy atom. The van der Waals surface area contributed by atoms with Crippen LogP contribution in [0.15, 0.2) is 30.7 Å². The standard InChI is InChI=1S/C10H10FN3O/c1-14-9(3-5-13-14)10(15)7-2-4-12-6-8(7)11/h2-6,10,15H,1H3. The number of aliphatic hydroxyl groups excluding tert-OH is 1. The van der Waals surface area contributed by atoms with Crippen molar-refractivity contribution in [3.63, 3.8) is 0 Å². The molecule has 78 valence electrons. The Morgan fingerprint density at radius 1 is 1.40 bits per heavy atom. The highest BCUT2D eigenvalue weighted by Crippen LogP contribution is 2.22. The molecule has 0 aliphatic heterocycles. The quantitative estimate of drug-likeness (QED) is 0.800. The highest BCUT2D eigenvalue weighted by atomic mass is 19.1. The van der Waals surface area contributed by atoms with Crippen LogP contribution in [0.4, 0.5) is 4.39 Å². The summed E-state index contributed by atoms with van der Waals surface area (Å²) in [5.74, 6) is -0.522. The average molecular weight is 207 g/mol. The number of hydrogen-bond donors (Lipinski definition) is 1. The van der Waals surface area contributed by atoms with Crippen LogP contribution >= 0.6 is 0 Å². The van der Waals surface area contributed by atoms with Gasteiger partial charge in [0.1, 0.15) is 11.9 Å². The first kappa shape index (κ1) is 9.79. The molecule has 1 unspecified atom stereocenters. The van der Waals surface area contributed by atoms with Gasteiger partial charge in [0.2, 0.25) is 0 Å². The summed E-state index contributed by atoms with van der Waals surface area (Å²) in [4.78, 5) is 3.62. The molecule has 0 fully saturated rings. The molecule has 1 N–H and O–H groups in total. The van der Waals surface area contributed by atoms with E-state index in [1.165, 1.54) is 16.9 Å². The molecule has 0 spiro atoms. The lowest BCUT2D eigenvalue weighted by atomic mass is 10.1. The van der Waals surface area contributed by atoms with Crippen molar-refractivity contribution in [3.8, 4) is 0 Å². The smallest absolute Gasteiger partial charge is 0.147 e. The third-order valence-electron chi connectivity index (χ3n) is 2.24. The monoisotopic (exact) mass is 207 g/mol. The van der Waals surface area contributed by atoms with E-state index in [1.807, 2.05) is 0 Å². The summed E-state index contributed by atoms with van der Waals surface area (Å²) < 4.78 is 14.8. The van der Waals surface area contributed by atoms with Crippen molar-refractivity contribution in [1.82, 2.24) is 14.8 Å². The summed E-state index contributed by atoms with van der Waals surface area (Å²) in [6.07, 6.45) is 3.06. The fourth-order valence-corrected chi connectivity index (χ4v) is 1.42. The van der Waals surface area contributed by atoms with Gasteiger partial charge in [-0.1, -0.05) is 0 Å². The van der Waals surface area contributed by atoms with E-state index in [0.717, 1.165) is 6.20 Å². The lowest BCUT2D eigenvalue weighted by Crippen LogP contribution is -2.08. The summed E-state index contributed by atoms with van der Waals surface area (Å²) in [7, 11) is 1.69. The van der Waals surface area contributed by atoms with Gasteiger partial charge in [-0.25, -0.2) is 4.39 Å². The second-order valence-electron chi connectivity index (χ2n) is 3.18. The second kappa shape index (κ2) is 3.78. The van der Waals surface area contributed by atoms with Gasteiger partial charge in [-0.15, -0.1) is 0 Å². The largest absolute Gasteiger partial charge is 0.382 e. The van der Waals surface area contributed by atoms with Gasteiger partial charge in [0, 0.05) is 25.0 Å². The third kappa shape index (κ3) is 1.73. The second-order valence-corrected chi connectivity index (χ2v) is 3.18. The number of hydrogen-bond acceptors (Lipinski definition) is 3. The predicted molar refractivity (Wildman–Crippen MR) is 51.5 cm³/mol. The minimum absolute atomic E-state index is 0.202. The molecular formula is C10H10FN3O. The minimum Gasteiger partial charge on any atom is -0.382 e. The van der Waals surface area contributed by atoms with Gasteiger partial charge in [0.05, 0.1) is 11.9 Å². The molecular weight excluding hydrogens is 197 g/mol. The fourth-order valence-electron chi connectivity index (χ4n) is 1.42. The van der Waals surface area contributed by atoms with Crippen molar-refractivity contribution in [2.75, 3.05) is 0 Å². The molecule has 0 aromatic carbocycles. The molecule has 0 saturated heterocycles. The van der Waals surface area contributed by atoms with Crippen molar-refractivity contribution in [2.24, 2.45) is 7.05 Å². The first-order valence-corrected chi connectivity index (χ1v) is 4.45. The normalized spacial score (nSPS) is 12.7. The van der Waals surface area contributed by atoms with E-state index in [4.69, 9.17) is 0 Å². The Morgan fingerprint density at radius 3 is 2.80 bits per heavy atom. The number of nitrogens with zero attached hydrogens (tertiary/aromatic N) is 3. The Hall–Kier alpha value is -1.75. The summed E-state index contributed by atoms with van der Waals surface area (Å²) in [6.45, 7) is 0. The van der Waals surface area contributed by atoms with Crippen molar-refractivity contribution in [1.29, 1.82) is 0 Å². The first-order chi connectivity index (χ1) is 7.20. The summed E-state index contributed by atoms with van der Waals surface area (Å²) in [5, 5.41) is 13.8. The number of aliphatic hydroxyl groups is 1. The van der Waals surface area contributed by atoms with Gasteiger partial charge >= 0.3 is 0 Å². The number of halogens is 1. The molecule has 5 heteroatoms. The molecule has 1 atom stereocenters. The van der Waals surface area contributed by atoms with Crippen molar-refractivity contribution in [2.45, 2.75) is 6.10 Å². The van der Waals surface area contributed by atoms with E-state index in [0.29, 0.717) is 5.69 Å². The van der Waals surface area contributed by atoms with E-state index in [9.17, 15) is 9.50 Å². The molecule has 0 aliphatic rings. The zero-order valence-electron chi connectivity index (χ0n) is 8.13. The maximum absolute atomic E-state index is 13.3. The van der Waals surface area contributed by atoms with Crippen LogP contribution in [-0.4, -0.2) is 19.9 Å². The molecule has 2 aromatic rings. The number of aromatic nitrogens is 3. The van der Waals surface area contributed by atoms with Gasteiger partial charge < -0.3 is 5.11 Å². The van der Waals surface area contributed by atoms with Crippen molar-refractivity contribution < 1.29 is 9.50 Å². The topological polar surface area (TPSA) is 50.9 Å². The number of aryl methyl sites for hydroxylation is 1. The van der Waals surface area contributed by atoms with Gasteiger partial charge in [-0.2, -0.15) is 5.10 Å². The molecule has 2 aromatic heterocycles. The summed E-state index contributed by atoms with van der Waals surface area (Å²) in [5.41, 5.74) is 0.744. The molecule has 0 aliphatic carbocycles. The van der Waals surface area contributed by atoms with Crippen molar-refractivity contribution >= 4 is 0 Å². The van der Waals surface area contributed by atoms with Crippen LogP contribution < -0.4 is 0 Å². The fraction of sp³-hybridized carbons (Fsp3) is 0.200. The zero-order chi connectivity index (χ0) is 10.8. The van der Waals surface area contributed by atoms with E-state index in [1.54, 1.807) is 19.3 Å². The maximum atomic E-state index is 13.3. The Kier molecular flexibility index (Phi) is 2.47. The predicted octanol–water partition coefficient (Wildman–Crippen LogP) is 1.04. The van der Waals surface area contributed by atoms with E-state index in [-0.39, 0.29) is 5.56 Å². The minimum atomic E-state index is -1.01. The SMILES string of the molecule is Cn1nccc1C(O)c1ccncc1F. The van der Waals surface area contributed by atoms with Crippen LogP contribution in [0.5, 0.6) is 0 Å². The van der Waals surface area contributed by atoms with Gasteiger partial charge in [-0.3, -0.25) is 9.67 Å². The number of rotatable bonds is 2. The van der Waals surface area contributed by atoms with E-state index >= 15 is 0 Å². The summed E-state index contributed by atoms with van der Waals surface area (Å²) >= 11 is 0. The Labute approximate surface area is 86.0 Å². The first-order valence-electron chi connectivity index (χ1n) is 4.45. The molecule has 0 saturated carbocycles. The molecule has 15 heavy (non-hydrogen) atoms. The highest BCUT2D eigenvalue weighted by molar-refractivity contribution is 5.24. The van der Waals surface area contributed by atoms with Crippen LogP contribution in [0.25, 0.3) is 0 Å². The maximum Gasteiger partial charge on any atom is 0.147 e. The van der Waals surface area contributed by atoms with Gasteiger partial charge in [-0.05, 0) is 12.1 Å². The molecule has 0 radical (unpaired) electrons. The molecule has 4 nitrogen and oxygen atoms in total. The van der Waals surface area contributed by atoms with Crippen LogP contribution in [0.2, 0.25) is 0 Å². The lowest BCUT2D eigenvalue weighted by molar-refractivity contribution is 0.204. The Bertz CT molecular complexity index is 469. The van der Waals surface area contributed by atoms with E-state index < -0.39 is 11.9 Å². The molecule has 2 rings (SSSR count). The third-order valence-corrected chi connectivity index (χ3v) is 2.24. The van der Waals surface area contributed by atoms with Gasteiger partial charge in [0.15, 0.2) is 0 Å².